The normalized spacial score (nSPS) is 14.6. The fourth-order valence-corrected chi connectivity index (χ4v) is 7.94. The van der Waals surface area contributed by atoms with Gasteiger partial charge in [0.2, 0.25) is 0 Å². The van der Waals surface area contributed by atoms with Gasteiger partial charge < -0.3 is 0 Å². The summed E-state index contributed by atoms with van der Waals surface area (Å²) in [7, 11) is 1.21. The van der Waals surface area contributed by atoms with Crippen LogP contribution < -0.4 is 4.90 Å². The number of morpholine rings is 1. The molecule has 0 N–H and O–H groups in total. The Labute approximate surface area is 165 Å². The Morgan fingerprint density at radius 3 is 2.30 bits per heavy atom. The molecule has 0 radical (unpaired) electrons. The van der Waals surface area contributed by atoms with Gasteiger partial charge in [-0.3, -0.25) is 0 Å². The number of non-ortho nitro benzene ring substituents is 1. The molecule has 0 atom stereocenters. The van der Waals surface area contributed by atoms with Crippen LogP contribution in [0, 0.1) is 17.0 Å². The number of ether oxygens (including phenoxy) is 1. The summed E-state index contributed by atoms with van der Waals surface area (Å²) < 4.78 is 8.31. The zero-order valence-corrected chi connectivity index (χ0v) is 17.5. The fraction of sp³-hybridized carbons (Fsp3) is 0.250. The van der Waals surface area contributed by atoms with Gasteiger partial charge in [-0.1, -0.05) is 0 Å². The van der Waals surface area contributed by atoms with E-state index in [0.29, 0.717) is 0 Å². The van der Waals surface area contributed by atoms with Gasteiger partial charge in [-0.2, -0.15) is 0 Å². The van der Waals surface area contributed by atoms with E-state index in [9.17, 15) is 10.1 Å². The first-order valence-corrected chi connectivity index (χ1v) is 11.4. The fourth-order valence-electron chi connectivity index (χ4n) is 3.04. The Kier molecular flexibility index (Phi) is 5.42. The van der Waals surface area contributed by atoms with Crippen molar-refractivity contribution in [2.75, 3.05) is 31.2 Å². The maximum absolute atomic E-state index is 10.9. The molecule has 0 saturated carbocycles. The van der Waals surface area contributed by atoms with Crippen LogP contribution in [0.2, 0.25) is 0 Å². The van der Waals surface area contributed by atoms with E-state index in [1.165, 1.54) is 33.3 Å². The van der Waals surface area contributed by atoms with Gasteiger partial charge in [-0.25, -0.2) is 0 Å². The summed E-state index contributed by atoms with van der Waals surface area (Å²) in [6.45, 7) is 5.49. The first kappa shape index (κ1) is 18.4. The van der Waals surface area contributed by atoms with Crippen LogP contribution in [0.5, 0.6) is 0 Å². The van der Waals surface area contributed by atoms with Crippen molar-refractivity contribution in [2.24, 2.45) is 0 Å². The van der Waals surface area contributed by atoms with E-state index >= 15 is 0 Å². The van der Waals surface area contributed by atoms with E-state index in [0.717, 1.165) is 31.9 Å². The van der Waals surface area contributed by atoms with Gasteiger partial charge in [-0.15, -0.1) is 0 Å². The van der Waals surface area contributed by atoms with Gasteiger partial charge in [0.05, 0.1) is 0 Å². The second-order valence-corrected chi connectivity index (χ2v) is 10.3. The third-order valence-electron chi connectivity index (χ3n) is 4.56. The number of hydrogen-bond acceptors (Lipinski definition) is 4. The molecule has 3 aromatic rings. The summed E-state index contributed by atoms with van der Waals surface area (Å²) >= 11 is 0.204. The zero-order valence-electron chi connectivity index (χ0n) is 14.9. The van der Waals surface area contributed by atoms with Crippen molar-refractivity contribution < 1.29 is 9.66 Å². The average Bonchev–Trinajstić information content (AvgIpc) is 3.15. The van der Waals surface area contributed by atoms with Crippen molar-refractivity contribution in [2.45, 2.75) is 6.92 Å². The van der Waals surface area contributed by atoms with Crippen molar-refractivity contribution in [3.63, 3.8) is 0 Å². The second kappa shape index (κ2) is 7.95. The molecule has 27 heavy (non-hydrogen) atoms. The van der Waals surface area contributed by atoms with E-state index in [-0.39, 0.29) is 25.1 Å². The van der Waals surface area contributed by atoms with Crippen molar-refractivity contribution >= 4 is 32.9 Å². The molecule has 0 amide bonds. The summed E-state index contributed by atoms with van der Waals surface area (Å²) in [5, 5.41) is 12.3. The Bertz CT molecular complexity index is 948. The molecule has 1 aliphatic rings. The minimum atomic E-state index is -0.346. The number of aryl methyl sites for hydroxylation is 1. The van der Waals surface area contributed by atoms with Crippen molar-refractivity contribution in [3.05, 3.63) is 64.2 Å². The molecule has 1 saturated heterocycles. The third-order valence-corrected chi connectivity index (χ3v) is 9.38. The Morgan fingerprint density at radius 1 is 1.04 bits per heavy atom. The van der Waals surface area contributed by atoms with Crippen molar-refractivity contribution in [1.29, 1.82) is 0 Å². The van der Waals surface area contributed by atoms with E-state index in [4.69, 9.17) is 4.74 Å². The van der Waals surface area contributed by atoms with Gasteiger partial charge in [0.25, 0.3) is 0 Å². The molecule has 7 heteroatoms. The third kappa shape index (κ3) is 3.99. The summed E-state index contributed by atoms with van der Waals surface area (Å²) in [5.74, 6) is 0. The number of nitro groups is 1. The van der Waals surface area contributed by atoms with Crippen LogP contribution in [0.1, 0.15) is 5.56 Å². The van der Waals surface area contributed by atoms with Crippen LogP contribution in [-0.2, 0) is 4.74 Å². The zero-order chi connectivity index (χ0) is 18.8. The number of benzene rings is 2. The monoisotopic (exact) mass is 446 g/mol. The predicted molar refractivity (Wildman–Crippen MR) is 111 cm³/mol. The van der Waals surface area contributed by atoms with Crippen molar-refractivity contribution in [3.8, 4) is 20.6 Å². The molecule has 0 aliphatic carbocycles. The Hall–Kier alpha value is -1.97. The molecule has 0 bridgehead atoms. The number of nitro benzene ring substituents is 1. The first-order valence-electron chi connectivity index (χ1n) is 8.77. The van der Waals surface area contributed by atoms with Gasteiger partial charge in [0.15, 0.2) is 0 Å². The summed E-state index contributed by atoms with van der Waals surface area (Å²) in [6.07, 6.45) is 0. The molecular formula is C20H19N2O3PSe. The number of rotatable bonds is 4. The van der Waals surface area contributed by atoms with Gasteiger partial charge >= 0.3 is 166 Å². The Balaban J connectivity index is 1.76. The standard InChI is InChI=1S/C20H19N2O3PSe/c1-14-2-4-15(5-3-14)18-19(21-10-12-25-13-11-21)27-20(26-18)16-6-8-17(9-7-16)22(23)24/h2-9H,10-13H2,1H3. The van der Waals surface area contributed by atoms with Crippen LogP contribution in [-0.4, -0.2) is 45.7 Å². The second-order valence-electron chi connectivity index (χ2n) is 6.44. The number of hydrogen-bond donors (Lipinski definition) is 0. The SMILES string of the molecule is Cc1ccc(-c2pc(-c3ccc([N+](=O)[O-])cc3)[se]c2N2CCOCC2)cc1. The first-order chi connectivity index (χ1) is 13.1. The minimum absolute atomic E-state index is 0.140. The molecule has 138 valence electrons. The summed E-state index contributed by atoms with van der Waals surface area (Å²) in [6, 6.07) is 15.7. The van der Waals surface area contributed by atoms with Gasteiger partial charge in [0, 0.05) is 0 Å². The van der Waals surface area contributed by atoms with E-state index in [1.807, 2.05) is 12.1 Å². The van der Waals surface area contributed by atoms with Crippen LogP contribution in [0.25, 0.3) is 20.6 Å². The van der Waals surface area contributed by atoms with Crippen LogP contribution in [0.15, 0.2) is 48.5 Å². The molecule has 1 aromatic heterocycles. The molecule has 2 heterocycles. The number of nitrogens with zero attached hydrogens (tertiary/aromatic N) is 2. The molecule has 1 aliphatic heterocycles. The average molecular weight is 445 g/mol. The van der Waals surface area contributed by atoms with E-state index in [2.05, 4.69) is 36.1 Å². The van der Waals surface area contributed by atoms with Gasteiger partial charge in [0.1, 0.15) is 0 Å². The topological polar surface area (TPSA) is 55.6 Å². The number of anilines is 1. The van der Waals surface area contributed by atoms with Crippen LogP contribution in [0.3, 0.4) is 0 Å². The van der Waals surface area contributed by atoms with E-state index in [1.54, 1.807) is 12.1 Å². The molecule has 0 unspecified atom stereocenters. The van der Waals surface area contributed by atoms with Crippen LogP contribution in [0.4, 0.5) is 10.2 Å². The quantitative estimate of drug-likeness (QED) is 0.332. The maximum atomic E-state index is 10.9. The Morgan fingerprint density at radius 2 is 1.67 bits per heavy atom. The summed E-state index contributed by atoms with van der Waals surface area (Å²) in [5.41, 5.74) is 3.77. The predicted octanol–water partition coefficient (Wildman–Crippen LogP) is 4.71. The summed E-state index contributed by atoms with van der Waals surface area (Å²) in [4.78, 5) is 13.0. The van der Waals surface area contributed by atoms with Crippen LogP contribution >= 0.6 is 8.19 Å². The molecule has 1 fully saturated rings. The molecular weight excluding hydrogens is 426 g/mol. The van der Waals surface area contributed by atoms with Crippen molar-refractivity contribution in [1.82, 2.24) is 0 Å². The molecule has 2 aromatic carbocycles. The molecule has 4 rings (SSSR count). The van der Waals surface area contributed by atoms with Gasteiger partial charge in [-0.05, 0) is 0 Å². The van der Waals surface area contributed by atoms with E-state index < -0.39 is 0 Å². The molecule has 0 spiro atoms. The molecule has 5 nitrogen and oxygen atoms in total.